The zero-order chi connectivity index (χ0) is 40.3. The number of nitrogens with zero attached hydrogens (tertiary/aromatic N) is 1. The molecule has 10 aromatic carbocycles. The molecule has 1 aliphatic carbocycles. The molecule has 0 fully saturated rings. The van der Waals surface area contributed by atoms with Crippen LogP contribution >= 0.6 is 0 Å². The van der Waals surface area contributed by atoms with Crippen LogP contribution in [0.2, 0.25) is 0 Å². The predicted molar refractivity (Wildman–Crippen MR) is 254 cm³/mol. The lowest BCUT2D eigenvalue weighted by molar-refractivity contribution is 0.672. The van der Waals surface area contributed by atoms with Gasteiger partial charge >= 0.3 is 0 Å². The molecule has 0 bridgehead atoms. The van der Waals surface area contributed by atoms with Crippen molar-refractivity contribution < 1.29 is 4.42 Å². The van der Waals surface area contributed by atoms with Crippen molar-refractivity contribution in [2.24, 2.45) is 0 Å². The van der Waals surface area contributed by atoms with Crippen molar-refractivity contribution in [3.05, 3.63) is 259 Å². The second-order valence-corrected chi connectivity index (χ2v) is 15.9. The summed E-state index contributed by atoms with van der Waals surface area (Å²) < 4.78 is 6.91. The minimum Gasteiger partial charge on any atom is -0.455 e. The molecule has 12 rings (SSSR count). The van der Waals surface area contributed by atoms with Crippen molar-refractivity contribution in [1.82, 2.24) is 0 Å². The molecule has 2 nitrogen and oxygen atoms in total. The van der Waals surface area contributed by atoms with Gasteiger partial charge in [0.1, 0.15) is 11.2 Å². The fraction of sp³-hybridized carbons (Fsp3) is 0.0169. The number of anilines is 3. The van der Waals surface area contributed by atoms with Crippen LogP contribution in [0, 0.1) is 0 Å². The lowest BCUT2D eigenvalue weighted by Gasteiger charge is -2.35. The second kappa shape index (κ2) is 14.1. The highest BCUT2D eigenvalue weighted by molar-refractivity contribution is 6.22. The van der Waals surface area contributed by atoms with E-state index in [9.17, 15) is 0 Å². The molecule has 0 saturated carbocycles. The normalized spacial score (nSPS) is 12.7. The van der Waals surface area contributed by atoms with Gasteiger partial charge in [-0.05, 0) is 110 Å². The van der Waals surface area contributed by atoms with Crippen LogP contribution in [0.25, 0.3) is 66.1 Å². The first-order valence-corrected chi connectivity index (χ1v) is 21.0. The van der Waals surface area contributed by atoms with Crippen LogP contribution in [-0.2, 0) is 5.41 Å². The Morgan fingerprint density at radius 2 is 0.918 bits per heavy atom. The fourth-order valence-electron chi connectivity index (χ4n) is 10.2. The average Bonchev–Trinajstić information content (AvgIpc) is 3.87. The van der Waals surface area contributed by atoms with Gasteiger partial charge in [0.2, 0.25) is 0 Å². The van der Waals surface area contributed by atoms with Gasteiger partial charge < -0.3 is 9.32 Å². The fourth-order valence-corrected chi connectivity index (χ4v) is 10.2. The molecule has 0 amide bonds. The molecule has 1 aromatic heterocycles. The standard InChI is InChI=1S/C59H39NO/c1-6-20-40(21-7-1)46-32-18-33-49-48-37-36-41(38-53(48)59(57(46)49,42-22-8-2-9-23-42)43-24-10-3-11-25-43)51-39-52-56-54(60(44-26-12-4-13-27-44)45-28-14-5-15-29-45)34-19-35-55(56)61-58(52)50-31-17-16-30-47(50)51/h1-39H. The maximum Gasteiger partial charge on any atom is 0.143 e. The van der Waals surface area contributed by atoms with Crippen LogP contribution in [-0.4, -0.2) is 0 Å². The second-order valence-electron chi connectivity index (χ2n) is 15.9. The Bertz CT molecular complexity index is 3310. The van der Waals surface area contributed by atoms with E-state index in [2.05, 4.69) is 241 Å². The first-order valence-electron chi connectivity index (χ1n) is 21.0. The van der Waals surface area contributed by atoms with Crippen LogP contribution in [0.5, 0.6) is 0 Å². The molecule has 0 unspecified atom stereocenters. The average molecular weight is 778 g/mol. The summed E-state index contributed by atoms with van der Waals surface area (Å²) in [6.45, 7) is 0. The van der Waals surface area contributed by atoms with E-state index in [0.29, 0.717) is 0 Å². The zero-order valence-corrected chi connectivity index (χ0v) is 33.4. The van der Waals surface area contributed by atoms with E-state index in [-0.39, 0.29) is 0 Å². The maximum absolute atomic E-state index is 6.91. The minimum atomic E-state index is -0.586. The summed E-state index contributed by atoms with van der Waals surface area (Å²) in [7, 11) is 0. The van der Waals surface area contributed by atoms with Gasteiger partial charge in [0.05, 0.1) is 16.5 Å². The van der Waals surface area contributed by atoms with Crippen LogP contribution in [0.15, 0.2) is 241 Å². The third kappa shape index (κ3) is 5.36. The molecule has 0 saturated heterocycles. The molecule has 2 heteroatoms. The van der Waals surface area contributed by atoms with Crippen molar-refractivity contribution >= 4 is 49.8 Å². The topological polar surface area (TPSA) is 16.4 Å². The summed E-state index contributed by atoms with van der Waals surface area (Å²) in [5.74, 6) is 0. The van der Waals surface area contributed by atoms with E-state index in [0.717, 1.165) is 55.3 Å². The van der Waals surface area contributed by atoms with Crippen molar-refractivity contribution in [2.75, 3.05) is 4.90 Å². The highest BCUT2D eigenvalue weighted by Gasteiger charge is 2.47. The van der Waals surface area contributed by atoms with Gasteiger partial charge in [0.25, 0.3) is 0 Å². The number of fused-ring (bicyclic) bond motifs is 8. The Hall–Kier alpha value is -7.94. The summed E-state index contributed by atoms with van der Waals surface area (Å²) in [6.07, 6.45) is 0. The van der Waals surface area contributed by atoms with Gasteiger partial charge in [0, 0.05) is 22.1 Å². The van der Waals surface area contributed by atoms with Crippen LogP contribution in [0.3, 0.4) is 0 Å². The molecule has 0 N–H and O–H groups in total. The largest absolute Gasteiger partial charge is 0.455 e. The molecule has 1 heterocycles. The number of para-hydroxylation sites is 2. The van der Waals surface area contributed by atoms with Gasteiger partial charge in [-0.3, -0.25) is 0 Å². The first kappa shape index (κ1) is 35.0. The molecular formula is C59H39NO. The smallest absolute Gasteiger partial charge is 0.143 e. The molecule has 0 aliphatic heterocycles. The van der Waals surface area contributed by atoms with Gasteiger partial charge in [0.15, 0.2) is 0 Å². The molecule has 61 heavy (non-hydrogen) atoms. The Morgan fingerprint density at radius 3 is 1.57 bits per heavy atom. The number of hydrogen-bond acceptors (Lipinski definition) is 2. The van der Waals surface area contributed by atoms with Gasteiger partial charge in [-0.2, -0.15) is 0 Å². The van der Waals surface area contributed by atoms with Crippen molar-refractivity contribution in [3.63, 3.8) is 0 Å². The van der Waals surface area contributed by atoms with Crippen LogP contribution in [0.1, 0.15) is 22.3 Å². The zero-order valence-electron chi connectivity index (χ0n) is 33.4. The highest BCUT2D eigenvalue weighted by Crippen LogP contribution is 2.59. The van der Waals surface area contributed by atoms with Crippen molar-refractivity contribution in [1.29, 1.82) is 0 Å². The number of hydrogen-bond donors (Lipinski definition) is 0. The van der Waals surface area contributed by atoms with Gasteiger partial charge in [-0.15, -0.1) is 0 Å². The SMILES string of the molecule is c1ccc(-c2cccc3c2C(c2ccccc2)(c2ccccc2)c2cc(-c4cc5c(oc6cccc(N(c7ccccc7)c7ccccc7)c65)c5ccccc45)ccc2-3)cc1. The minimum absolute atomic E-state index is 0.586. The maximum atomic E-state index is 6.91. The Labute approximate surface area is 355 Å². The highest BCUT2D eigenvalue weighted by atomic mass is 16.3. The Balaban J connectivity index is 1.16. The summed E-state index contributed by atoms with van der Waals surface area (Å²) in [6, 6.07) is 85.9. The van der Waals surface area contributed by atoms with E-state index in [1.807, 2.05) is 0 Å². The van der Waals surface area contributed by atoms with E-state index in [1.165, 1.54) is 50.1 Å². The molecule has 0 radical (unpaired) electrons. The third-order valence-corrected chi connectivity index (χ3v) is 12.7. The summed E-state index contributed by atoms with van der Waals surface area (Å²) in [5, 5.41) is 4.42. The monoisotopic (exact) mass is 777 g/mol. The summed E-state index contributed by atoms with van der Waals surface area (Å²) in [5.41, 5.74) is 16.8. The third-order valence-electron chi connectivity index (χ3n) is 12.7. The molecule has 0 atom stereocenters. The first-order chi connectivity index (χ1) is 30.3. The van der Waals surface area contributed by atoms with E-state index in [1.54, 1.807) is 0 Å². The summed E-state index contributed by atoms with van der Waals surface area (Å²) >= 11 is 0. The summed E-state index contributed by atoms with van der Waals surface area (Å²) in [4.78, 5) is 2.34. The van der Waals surface area contributed by atoms with Crippen molar-refractivity contribution in [2.45, 2.75) is 5.41 Å². The molecule has 0 spiro atoms. The van der Waals surface area contributed by atoms with E-state index >= 15 is 0 Å². The lowest BCUT2D eigenvalue weighted by Crippen LogP contribution is -2.29. The van der Waals surface area contributed by atoms with Crippen molar-refractivity contribution in [3.8, 4) is 33.4 Å². The number of benzene rings is 10. The molecule has 286 valence electrons. The molecule has 11 aromatic rings. The van der Waals surface area contributed by atoms with Gasteiger partial charge in [-0.1, -0.05) is 188 Å². The van der Waals surface area contributed by atoms with Crippen LogP contribution < -0.4 is 4.90 Å². The Kier molecular flexibility index (Phi) is 8.11. The predicted octanol–water partition coefficient (Wildman–Crippen LogP) is 15.9. The van der Waals surface area contributed by atoms with E-state index < -0.39 is 5.41 Å². The molecule has 1 aliphatic rings. The quantitative estimate of drug-likeness (QED) is 0.160. The molecular weight excluding hydrogens is 739 g/mol. The Morgan fingerprint density at radius 1 is 0.361 bits per heavy atom. The van der Waals surface area contributed by atoms with Gasteiger partial charge in [-0.25, -0.2) is 0 Å². The lowest BCUT2D eigenvalue weighted by atomic mass is 9.66. The van der Waals surface area contributed by atoms with Crippen LogP contribution in [0.4, 0.5) is 17.1 Å². The number of furan rings is 1. The van der Waals surface area contributed by atoms with E-state index in [4.69, 9.17) is 4.42 Å². The number of rotatable bonds is 7.